The third-order valence-corrected chi connectivity index (χ3v) is 6.48. The van der Waals surface area contributed by atoms with E-state index in [9.17, 15) is 4.79 Å². The van der Waals surface area contributed by atoms with Gasteiger partial charge in [0.25, 0.3) is 0 Å². The molecular formula is C25H33ClN4O3. The maximum absolute atomic E-state index is 11.4. The smallest absolute Gasteiger partial charge is 0.227 e. The molecule has 3 heterocycles. The number of morpholine rings is 1. The maximum Gasteiger partial charge on any atom is 0.227 e. The lowest BCUT2D eigenvalue weighted by atomic mass is 9.96. The van der Waals surface area contributed by atoms with Crippen LogP contribution in [0.15, 0.2) is 30.5 Å². The van der Waals surface area contributed by atoms with E-state index in [-0.39, 0.29) is 23.4 Å². The average molecular weight is 473 g/mol. The summed E-state index contributed by atoms with van der Waals surface area (Å²) in [5, 5.41) is 0.552. The second kappa shape index (κ2) is 9.85. The average Bonchev–Trinajstić information content (AvgIpc) is 3.21. The minimum atomic E-state index is -0.229. The Hall–Kier alpha value is -2.38. The van der Waals surface area contributed by atoms with Crippen LogP contribution in [0, 0.1) is 0 Å². The summed E-state index contributed by atoms with van der Waals surface area (Å²) in [5.74, 6) is 2.70. The lowest BCUT2D eigenvalue weighted by Crippen LogP contribution is -2.49. The van der Waals surface area contributed by atoms with E-state index in [1.54, 1.807) is 13.1 Å². The molecule has 2 saturated heterocycles. The van der Waals surface area contributed by atoms with Gasteiger partial charge in [-0.15, -0.1) is 0 Å². The summed E-state index contributed by atoms with van der Waals surface area (Å²) in [6.07, 6.45) is 3.20. The van der Waals surface area contributed by atoms with Crippen molar-refractivity contribution in [2.45, 2.75) is 58.2 Å². The van der Waals surface area contributed by atoms with Gasteiger partial charge in [-0.25, -0.2) is 4.98 Å². The van der Waals surface area contributed by atoms with E-state index < -0.39 is 0 Å². The predicted molar refractivity (Wildman–Crippen MR) is 131 cm³/mol. The summed E-state index contributed by atoms with van der Waals surface area (Å²) >= 11 is 6.49. The highest BCUT2D eigenvalue weighted by Crippen LogP contribution is 2.31. The van der Waals surface area contributed by atoms with Crippen molar-refractivity contribution in [3.8, 4) is 5.75 Å². The van der Waals surface area contributed by atoms with Crippen molar-refractivity contribution in [3.05, 3.63) is 41.0 Å². The van der Waals surface area contributed by atoms with E-state index in [2.05, 4.69) is 35.6 Å². The number of halogens is 1. The van der Waals surface area contributed by atoms with E-state index in [0.29, 0.717) is 30.5 Å². The predicted octanol–water partition coefficient (Wildman–Crippen LogP) is 4.49. The van der Waals surface area contributed by atoms with Gasteiger partial charge in [0.2, 0.25) is 5.95 Å². The van der Waals surface area contributed by atoms with Crippen molar-refractivity contribution in [2.75, 3.05) is 42.6 Å². The summed E-state index contributed by atoms with van der Waals surface area (Å²) in [7, 11) is 0. The molecular weight excluding hydrogens is 440 g/mol. The minimum absolute atomic E-state index is 0.0577. The molecule has 8 heteroatoms. The molecule has 2 fully saturated rings. The Morgan fingerprint density at radius 3 is 2.73 bits per heavy atom. The Kier molecular flexibility index (Phi) is 7.10. The van der Waals surface area contributed by atoms with Gasteiger partial charge in [-0.05, 0) is 44.4 Å². The van der Waals surface area contributed by atoms with Gasteiger partial charge in [0, 0.05) is 32.5 Å². The molecule has 0 bridgehead atoms. The zero-order chi connectivity index (χ0) is 23.6. The van der Waals surface area contributed by atoms with Crippen molar-refractivity contribution < 1.29 is 14.3 Å². The number of Topliss-reactive ketones (excluding diaryl/α,β-unsaturated/α-hetero) is 1. The SMILES string of the molecule is CC(=O)C[C@@H](C)c1ccc(O[C@@H]2CCN(c3nc(N4CCOC(C)(C)C4)ncc3Cl)C2)cc1. The van der Waals surface area contributed by atoms with E-state index in [0.717, 1.165) is 43.2 Å². The summed E-state index contributed by atoms with van der Waals surface area (Å²) < 4.78 is 12.0. The van der Waals surface area contributed by atoms with Gasteiger partial charge in [0.15, 0.2) is 5.82 Å². The second-order valence-electron chi connectivity index (χ2n) is 9.72. The highest BCUT2D eigenvalue weighted by atomic mass is 35.5. The molecule has 0 N–H and O–H groups in total. The van der Waals surface area contributed by atoms with Crippen LogP contribution in [-0.4, -0.2) is 60.2 Å². The number of aromatic nitrogens is 2. The zero-order valence-electron chi connectivity index (χ0n) is 19.9. The van der Waals surface area contributed by atoms with E-state index in [4.69, 9.17) is 26.1 Å². The normalized spacial score (nSPS) is 21.2. The molecule has 0 unspecified atom stereocenters. The largest absolute Gasteiger partial charge is 0.489 e. The van der Waals surface area contributed by atoms with Gasteiger partial charge < -0.3 is 24.1 Å². The molecule has 2 atom stereocenters. The highest BCUT2D eigenvalue weighted by molar-refractivity contribution is 6.32. The van der Waals surface area contributed by atoms with Crippen molar-refractivity contribution in [2.24, 2.45) is 0 Å². The van der Waals surface area contributed by atoms with Gasteiger partial charge in [-0.3, -0.25) is 0 Å². The standard InChI is InChI=1S/C25H33ClN4O3/c1-17(13-18(2)31)19-5-7-20(8-6-19)33-21-9-10-29(15-21)23-22(26)14-27-24(28-23)30-11-12-32-25(3,4)16-30/h5-8,14,17,21H,9-13,15-16H2,1-4H3/t17-,21-/m1/s1. The molecule has 2 aliphatic heterocycles. The minimum Gasteiger partial charge on any atom is -0.489 e. The first-order valence-corrected chi connectivity index (χ1v) is 12.0. The second-order valence-corrected chi connectivity index (χ2v) is 10.1. The van der Waals surface area contributed by atoms with Gasteiger partial charge in [0.1, 0.15) is 22.7 Å². The lowest BCUT2D eigenvalue weighted by molar-refractivity contribution is -0.117. The van der Waals surface area contributed by atoms with Crippen LogP contribution >= 0.6 is 11.6 Å². The van der Waals surface area contributed by atoms with E-state index >= 15 is 0 Å². The monoisotopic (exact) mass is 472 g/mol. The van der Waals surface area contributed by atoms with Gasteiger partial charge >= 0.3 is 0 Å². The van der Waals surface area contributed by atoms with Crippen LogP contribution < -0.4 is 14.5 Å². The maximum atomic E-state index is 11.4. The van der Waals surface area contributed by atoms with Crippen molar-refractivity contribution >= 4 is 29.2 Å². The fourth-order valence-corrected chi connectivity index (χ4v) is 4.75. The molecule has 33 heavy (non-hydrogen) atoms. The zero-order valence-corrected chi connectivity index (χ0v) is 20.6. The molecule has 7 nitrogen and oxygen atoms in total. The Labute approximate surface area is 201 Å². The van der Waals surface area contributed by atoms with Gasteiger partial charge in [0.05, 0.1) is 24.9 Å². The Morgan fingerprint density at radius 1 is 1.27 bits per heavy atom. The fraction of sp³-hybridized carbons (Fsp3) is 0.560. The molecule has 178 valence electrons. The number of benzene rings is 1. The van der Waals surface area contributed by atoms with E-state index in [1.807, 2.05) is 24.3 Å². The summed E-state index contributed by atoms with van der Waals surface area (Å²) in [6, 6.07) is 8.08. The fourth-order valence-electron chi connectivity index (χ4n) is 4.54. The number of carbonyl (C=O) groups excluding carboxylic acids is 1. The third kappa shape index (κ3) is 5.95. The number of anilines is 2. The number of hydrogen-bond acceptors (Lipinski definition) is 7. The third-order valence-electron chi connectivity index (χ3n) is 6.21. The van der Waals surface area contributed by atoms with Crippen LogP contribution in [0.2, 0.25) is 5.02 Å². The van der Waals surface area contributed by atoms with Crippen LogP contribution in [0.1, 0.15) is 52.0 Å². The molecule has 0 radical (unpaired) electrons. The van der Waals surface area contributed by atoms with Crippen LogP contribution in [-0.2, 0) is 9.53 Å². The van der Waals surface area contributed by atoms with Crippen LogP contribution in [0.25, 0.3) is 0 Å². The first-order valence-electron chi connectivity index (χ1n) is 11.6. The van der Waals surface area contributed by atoms with Gasteiger partial charge in [-0.1, -0.05) is 30.7 Å². The van der Waals surface area contributed by atoms with Crippen molar-refractivity contribution in [1.82, 2.24) is 9.97 Å². The summed E-state index contributed by atoms with van der Waals surface area (Å²) in [4.78, 5) is 25.0. The number of ether oxygens (including phenoxy) is 2. The number of rotatable bonds is 7. The lowest BCUT2D eigenvalue weighted by Gasteiger charge is -2.38. The molecule has 0 spiro atoms. The summed E-state index contributed by atoms with van der Waals surface area (Å²) in [6.45, 7) is 11.6. The molecule has 1 aromatic heterocycles. The van der Waals surface area contributed by atoms with Crippen LogP contribution in [0.5, 0.6) is 5.75 Å². The first kappa shape index (κ1) is 23.8. The molecule has 0 amide bonds. The molecule has 4 rings (SSSR count). The molecule has 0 aliphatic carbocycles. The van der Waals surface area contributed by atoms with Gasteiger partial charge in [-0.2, -0.15) is 4.98 Å². The first-order chi connectivity index (χ1) is 15.7. The van der Waals surface area contributed by atoms with Crippen molar-refractivity contribution in [3.63, 3.8) is 0 Å². The number of carbonyl (C=O) groups is 1. The topological polar surface area (TPSA) is 67.8 Å². The number of hydrogen-bond donors (Lipinski definition) is 0. The Morgan fingerprint density at radius 2 is 2.03 bits per heavy atom. The molecule has 2 aromatic rings. The molecule has 0 saturated carbocycles. The number of ketones is 1. The van der Waals surface area contributed by atoms with E-state index in [1.165, 1.54) is 0 Å². The van der Waals surface area contributed by atoms with Crippen molar-refractivity contribution in [1.29, 1.82) is 0 Å². The van der Waals surface area contributed by atoms with Crippen LogP contribution in [0.3, 0.4) is 0 Å². The molecule has 2 aliphatic rings. The number of nitrogens with zero attached hydrogens (tertiary/aromatic N) is 4. The molecule has 1 aromatic carbocycles. The summed E-state index contributed by atoms with van der Waals surface area (Å²) in [5.41, 5.74) is 0.921. The quantitative estimate of drug-likeness (QED) is 0.588. The highest BCUT2D eigenvalue weighted by Gasteiger charge is 2.31. The Bertz CT molecular complexity index is 982. The van der Waals surface area contributed by atoms with Crippen LogP contribution in [0.4, 0.5) is 11.8 Å². The Balaban J connectivity index is 1.39.